The van der Waals surface area contributed by atoms with Gasteiger partial charge >= 0.3 is 0 Å². The molecule has 0 spiro atoms. The fraction of sp³-hybridized carbons (Fsp3) is 1.00. The van der Waals surface area contributed by atoms with E-state index in [0.717, 1.165) is 13.2 Å². The van der Waals surface area contributed by atoms with E-state index in [9.17, 15) is 0 Å². The average molecular weight is 213 g/mol. The van der Waals surface area contributed by atoms with Crippen LogP contribution in [0.25, 0.3) is 0 Å². The summed E-state index contributed by atoms with van der Waals surface area (Å²) in [4.78, 5) is 0. The highest BCUT2D eigenvalue weighted by atomic mass is 16.5. The minimum atomic E-state index is -0.0176. The van der Waals surface area contributed by atoms with Gasteiger partial charge in [0.05, 0.1) is 12.2 Å². The molecular weight excluding hydrogens is 186 g/mol. The summed E-state index contributed by atoms with van der Waals surface area (Å²) in [6.07, 6.45) is 0. The van der Waals surface area contributed by atoms with Crippen molar-refractivity contribution in [1.82, 2.24) is 5.32 Å². The van der Waals surface area contributed by atoms with Crippen LogP contribution in [0.5, 0.6) is 0 Å². The lowest BCUT2D eigenvalue weighted by Crippen LogP contribution is -2.30. The fourth-order valence-corrected chi connectivity index (χ4v) is 2.27. The van der Waals surface area contributed by atoms with Crippen molar-refractivity contribution in [3.05, 3.63) is 0 Å². The van der Waals surface area contributed by atoms with Crippen LogP contribution in [0.15, 0.2) is 0 Å². The van der Waals surface area contributed by atoms with Gasteiger partial charge in [0.2, 0.25) is 0 Å². The van der Waals surface area contributed by atoms with Crippen molar-refractivity contribution >= 4 is 0 Å². The van der Waals surface area contributed by atoms with Crippen molar-refractivity contribution in [2.45, 2.75) is 60.1 Å². The summed E-state index contributed by atoms with van der Waals surface area (Å²) in [5.74, 6) is 0. The summed E-state index contributed by atoms with van der Waals surface area (Å²) < 4.78 is 5.68. The Labute approximate surface area is 94.8 Å². The molecule has 1 N–H and O–H groups in total. The molecule has 0 bridgehead atoms. The van der Waals surface area contributed by atoms with Gasteiger partial charge in [0.1, 0.15) is 0 Å². The Morgan fingerprint density at radius 3 is 1.87 bits per heavy atom. The maximum Gasteiger partial charge on any atom is 0.0599 e. The van der Waals surface area contributed by atoms with E-state index in [1.54, 1.807) is 0 Å². The number of hydrogen-bond acceptors (Lipinski definition) is 2. The molecule has 0 aromatic heterocycles. The Bertz CT molecular complexity index is 211. The molecule has 2 nitrogen and oxygen atoms in total. The van der Waals surface area contributed by atoms with Crippen molar-refractivity contribution < 1.29 is 4.74 Å². The van der Waals surface area contributed by atoms with Crippen molar-refractivity contribution in [2.75, 3.05) is 13.2 Å². The van der Waals surface area contributed by atoms with Crippen LogP contribution in [0, 0.1) is 10.8 Å². The number of nitrogens with one attached hydrogen (secondary N) is 1. The lowest BCUT2D eigenvalue weighted by atomic mass is 10.0. The second-order valence-electron chi connectivity index (χ2n) is 6.79. The minimum Gasteiger partial charge on any atom is -0.375 e. The summed E-state index contributed by atoms with van der Waals surface area (Å²) >= 11 is 0. The standard InChI is InChI=1S/C13H27NO/c1-11(2,3)15-9-8-14-10-12(4,5)13(10,6)7/h10,14H,8-9H2,1-7H3. The third-order valence-corrected chi connectivity index (χ3v) is 4.01. The first-order valence-electron chi connectivity index (χ1n) is 5.96. The van der Waals surface area contributed by atoms with Gasteiger partial charge in [-0.15, -0.1) is 0 Å². The van der Waals surface area contributed by atoms with Crippen molar-refractivity contribution in [2.24, 2.45) is 10.8 Å². The van der Waals surface area contributed by atoms with Gasteiger partial charge in [0.15, 0.2) is 0 Å². The maximum absolute atomic E-state index is 5.68. The van der Waals surface area contributed by atoms with Gasteiger partial charge in [0, 0.05) is 12.6 Å². The summed E-state index contributed by atoms with van der Waals surface area (Å²) in [6.45, 7) is 17.4. The first kappa shape index (κ1) is 13.0. The third-order valence-electron chi connectivity index (χ3n) is 4.01. The molecule has 1 saturated carbocycles. The molecular formula is C13H27NO. The largest absolute Gasteiger partial charge is 0.375 e. The first-order valence-corrected chi connectivity index (χ1v) is 5.96. The molecule has 1 aliphatic carbocycles. The maximum atomic E-state index is 5.68. The molecule has 0 saturated heterocycles. The lowest BCUT2D eigenvalue weighted by molar-refractivity contribution is -0.00122. The molecule has 1 rings (SSSR count). The van der Waals surface area contributed by atoms with E-state index >= 15 is 0 Å². The molecule has 0 aromatic rings. The smallest absolute Gasteiger partial charge is 0.0599 e. The Morgan fingerprint density at radius 1 is 1.07 bits per heavy atom. The second-order valence-corrected chi connectivity index (χ2v) is 6.79. The predicted octanol–water partition coefficient (Wildman–Crippen LogP) is 2.83. The topological polar surface area (TPSA) is 21.3 Å². The van der Waals surface area contributed by atoms with Crippen LogP contribution in [-0.2, 0) is 4.74 Å². The van der Waals surface area contributed by atoms with Crippen LogP contribution in [-0.4, -0.2) is 24.8 Å². The lowest BCUT2D eigenvalue weighted by Gasteiger charge is -2.19. The number of hydrogen-bond donors (Lipinski definition) is 1. The highest BCUT2D eigenvalue weighted by Gasteiger charge is 2.64. The molecule has 0 heterocycles. The van der Waals surface area contributed by atoms with Gasteiger partial charge in [-0.3, -0.25) is 0 Å². The van der Waals surface area contributed by atoms with E-state index in [4.69, 9.17) is 4.74 Å². The van der Waals surface area contributed by atoms with Crippen LogP contribution >= 0.6 is 0 Å². The highest BCUT2D eigenvalue weighted by molar-refractivity contribution is 5.17. The van der Waals surface area contributed by atoms with E-state index in [0.29, 0.717) is 16.9 Å². The van der Waals surface area contributed by atoms with E-state index in [2.05, 4.69) is 53.8 Å². The van der Waals surface area contributed by atoms with Gasteiger partial charge in [-0.2, -0.15) is 0 Å². The van der Waals surface area contributed by atoms with E-state index < -0.39 is 0 Å². The van der Waals surface area contributed by atoms with E-state index in [1.165, 1.54) is 0 Å². The Hall–Kier alpha value is -0.0800. The predicted molar refractivity (Wildman–Crippen MR) is 65.1 cm³/mol. The van der Waals surface area contributed by atoms with Gasteiger partial charge in [0.25, 0.3) is 0 Å². The van der Waals surface area contributed by atoms with Crippen LogP contribution < -0.4 is 5.32 Å². The van der Waals surface area contributed by atoms with Crippen LogP contribution in [0.1, 0.15) is 48.5 Å². The van der Waals surface area contributed by atoms with Gasteiger partial charge in [-0.25, -0.2) is 0 Å². The summed E-state index contributed by atoms with van der Waals surface area (Å²) in [5.41, 5.74) is 0.833. The SMILES string of the molecule is CC(C)(C)OCCNC1C(C)(C)C1(C)C. The second kappa shape index (κ2) is 3.74. The Kier molecular flexibility index (Phi) is 3.24. The monoisotopic (exact) mass is 213 g/mol. The first-order chi connectivity index (χ1) is 6.59. The molecule has 15 heavy (non-hydrogen) atoms. The van der Waals surface area contributed by atoms with Gasteiger partial charge < -0.3 is 10.1 Å². The fourth-order valence-electron chi connectivity index (χ4n) is 2.27. The zero-order valence-electron chi connectivity index (χ0n) is 11.4. The molecule has 0 unspecified atom stereocenters. The quantitative estimate of drug-likeness (QED) is 0.725. The van der Waals surface area contributed by atoms with Crippen LogP contribution in [0.2, 0.25) is 0 Å². The van der Waals surface area contributed by atoms with Crippen molar-refractivity contribution in [3.8, 4) is 0 Å². The average Bonchev–Trinajstić information content (AvgIpc) is 2.36. The van der Waals surface area contributed by atoms with Crippen molar-refractivity contribution in [3.63, 3.8) is 0 Å². The number of ether oxygens (including phenoxy) is 1. The summed E-state index contributed by atoms with van der Waals surface area (Å²) in [6, 6.07) is 0.633. The molecule has 0 amide bonds. The summed E-state index contributed by atoms with van der Waals surface area (Å²) in [5, 5.41) is 3.58. The highest BCUT2D eigenvalue weighted by Crippen LogP contribution is 2.62. The third kappa shape index (κ3) is 2.73. The summed E-state index contributed by atoms with van der Waals surface area (Å²) in [7, 11) is 0. The molecule has 1 fully saturated rings. The Morgan fingerprint density at radius 2 is 1.53 bits per heavy atom. The number of rotatable bonds is 4. The minimum absolute atomic E-state index is 0.0176. The van der Waals surface area contributed by atoms with Gasteiger partial charge in [-0.05, 0) is 31.6 Å². The molecule has 90 valence electrons. The zero-order valence-corrected chi connectivity index (χ0v) is 11.4. The normalized spacial score (nSPS) is 24.2. The molecule has 0 aliphatic heterocycles. The van der Waals surface area contributed by atoms with Gasteiger partial charge in [-0.1, -0.05) is 27.7 Å². The molecule has 0 atom stereocenters. The van der Waals surface area contributed by atoms with Crippen LogP contribution in [0.3, 0.4) is 0 Å². The van der Waals surface area contributed by atoms with E-state index in [-0.39, 0.29) is 5.60 Å². The zero-order chi connectivity index (χ0) is 11.9. The van der Waals surface area contributed by atoms with Crippen molar-refractivity contribution in [1.29, 1.82) is 0 Å². The molecule has 0 aromatic carbocycles. The van der Waals surface area contributed by atoms with Crippen LogP contribution in [0.4, 0.5) is 0 Å². The molecule has 0 radical (unpaired) electrons. The molecule has 1 aliphatic rings. The Balaban J connectivity index is 2.19. The van der Waals surface area contributed by atoms with E-state index in [1.807, 2.05) is 0 Å². The molecule has 2 heteroatoms.